The van der Waals surface area contributed by atoms with Gasteiger partial charge in [-0.15, -0.1) is 0 Å². The minimum absolute atomic E-state index is 0.0723. The lowest BCUT2D eigenvalue weighted by Gasteiger charge is -2.08. The van der Waals surface area contributed by atoms with E-state index >= 15 is 0 Å². The standard InChI is InChI=1S/C19H16N4O/c1-3-14-10-23(19(24)17-8-20-7-6-16(14)17)12-15-11-22-9-13(2)4-5-18(22)21-15/h3-11H,1,12H2,2H3. The van der Waals surface area contributed by atoms with Gasteiger partial charge in [0.15, 0.2) is 0 Å². The van der Waals surface area contributed by atoms with Crippen molar-refractivity contribution in [2.75, 3.05) is 0 Å². The Kier molecular flexibility index (Phi) is 3.27. The molecule has 0 aromatic carbocycles. The smallest absolute Gasteiger partial charge is 0.260 e. The number of imidazole rings is 1. The Bertz CT molecular complexity index is 1140. The van der Waals surface area contributed by atoms with Gasteiger partial charge in [-0.1, -0.05) is 18.7 Å². The summed E-state index contributed by atoms with van der Waals surface area (Å²) in [4.78, 5) is 21.4. The van der Waals surface area contributed by atoms with Crippen molar-refractivity contribution in [3.63, 3.8) is 0 Å². The Balaban J connectivity index is 1.85. The summed E-state index contributed by atoms with van der Waals surface area (Å²) in [6.45, 7) is 6.29. The van der Waals surface area contributed by atoms with E-state index in [0.29, 0.717) is 11.9 Å². The van der Waals surface area contributed by atoms with Crippen molar-refractivity contribution in [3.05, 3.63) is 82.9 Å². The Morgan fingerprint density at radius 2 is 2.04 bits per heavy atom. The van der Waals surface area contributed by atoms with Gasteiger partial charge >= 0.3 is 0 Å². The Morgan fingerprint density at radius 1 is 1.17 bits per heavy atom. The van der Waals surface area contributed by atoms with Crippen molar-refractivity contribution in [2.45, 2.75) is 13.5 Å². The van der Waals surface area contributed by atoms with Crippen LogP contribution in [0.2, 0.25) is 0 Å². The number of aryl methyl sites for hydroxylation is 1. The van der Waals surface area contributed by atoms with E-state index in [1.54, 1.807) is 23.0 Å². The molecule has 118 valence electrons. The molecule has 0 aliphatic rings. The summed E-state index contributed by atoms with van der Waals surface area (Å²) in [5.41, 5.74) is 3.70. The highest BCUT2D eigenvalue weighted by Gasteiger charge is 2.09. The average Bonchev–Trinajstić information content (AvgIpc) is 2.99. The van der Waals surface area contributed by atoms with Gasteiger partial charge in [0.05, 0.1) is 17.6 Å². The summed E-state index contributed by atoms with van der Waals surface area (Å²) in [7, 11) is 0. The van der Waals surface area contributed by atoms with Crippen molar-refractivity contribution in [1.29, 1.82) is 0 Å². The third-order valence-corrected chi connectivity index (χ3v) is 4.12. The summed E-state index contributed by atoms with van der Waals surface area (Å²) in [5.74, 6) is 0. The molecule has 4 rings (SSSR count). The van der Waals surface area contributed by atoms with Gasteiger partial charge in [-0.05, 0) is 35.6 Å². The van der Waals surface area contributed by atoms with Gasteiger partial charge in [-0.2, -0.15) is 0 Å². The molecule has 0 unspecified atom stereocenters. The first kappa shape index (κ1) is 14.4. The monoisotopic (exact) mass is 316 g/mol. The molecular formula is C19H16N4O. The van der Waals surface area contributed by atoms with Crippen LogP contribution in [-0.2, 0) is 6.54 Å². The van der Waals surface area contributed by atoms with Gasteiger partial charge in [0.2, 0.25) is 0 Å². The Labute approximate surface area is 138 Å². The maximum Gasteiger partial charge on any atom is 0.260 e. The molecule has 0 fully saturated rings. The molecule has 0 amide bonds. The van der Waals surface area contributed by atoms with Crippen LogP contribution >= 0.6 is 0 Å². The second-order valence-electron chi connectivity index (χ2n) is 5.85. The van der Waals surface area contributed by atoms with Gasteiger partial charge in [0.1, 0.15) is 5.65 Å². The van der Waals surface area contributed by atoms with Crippen molar-refractivity contribution in [2.24, 2.45) is 0 Å². The molecule has 4 aromatic heterocycles. The summed E-state index contributed by atoms with van der Waals surface area (Å²) in [6.07, 6.45) is 10.8. The maximum atomic E-state index is 12.7. The zero-order valence-electron chi connectivity index (χ0n) is 13.3. The summed E-state index contributed by atoms with van der Waals surface area (Å²) in [6, 6.07) is 5.84. The molecule has 0 N–H and O–H groups in total. The van der Waals surface area contributed by atoms with E-state index in [-0.39, 0.29) is 5.56 Å². The number of fused-ring (bicyclic) bond motifs is 2. The first-order chi connectivity index (χ1) is 11.7. The maximum absolute atomic E-state index is 12.7. The van der Waals surface area contributed by atoms with Crippen LogP contribution in [0, 0.1) is 6.92 Å². The second kappa shape index (κ2) is 5.45. The fourth-order valence-corrected chi connectivity index (χ4v) is 2.95. The first-order valence-electron chi connectivity index (χ1n) is 7.69. The Hall–Kier alpha value is -3.21. The third kappa shape index (κ3) is 2.31. The molecule has 0 radical (unpaired) electrons. The van der Waals surface area contributed by atoms with Crippen LogP contribution in [0.3, 0.4) is 0 Å². The molecule has 0 saturated carbocycles. The highest BCUT2D eigenvalue weighted by molar-refractivity contribution is 5.88. The van der Waals surface area contributed by atoms with Crippen LogP contribution in [0.1, 0.15) is 16.8 Å². The van der Waals surface area contributed by atoms with Crippen LogP contribution < -0.4 is 5.56 Å². The van der Waals surface area contributed by atoms with E-state index in [4.69, 9.17) is 0 Å². The topological polar surface area (TPSA) is 52.2 Å². The minimum atomic E-state index is -0.0723. The number of aromatic nitrogens is 4. The van der Waals surface area contributed by atoms with E-state index < -0.39 is 0 Å². The lowest BCUT2D eigenvalue weighted by Crippen LogP contribution is -2.21. The van der Waals surface area contributed by atoms with Crippen LogP contribution in [0.15, 0.2) is 60.6 Å². The van der Waals surface area contributed by atoms with Crippen molar-refractivity contribution >= 4 is 22.5 Å². The van der Waals surface area contributed by atoms with E-state index in [1.807, 2.05) is 48.1 Å². The number of pyridine rings is 3. The molecule has 4 heterocycles. The van der Waals surface area contributed by atoms with E-state index in [9.17, 15) is 4.79 Å². The quantitative estimate of drug-likeness (QED) is 0.584. The second-order valence-corrected chi connectivity index (χ2v) is 5.85. The molecule has 0 atom stereocenters. The molecular weight excluding hydrogens is 300 g/mol. The highest BCUT2D eigenvalue weighted by Crippen LogP contribution is 2.16. The molecule has 0 aliphatic carbocycles. The van der Waals surface area contributed by atoms with Crippen LogP contribution in [0.25, 0.3) is 22.5 Å². The summed E-state index contributed by atoms with van der Waals surface area (Å²) < 4.78 is 3.64. The van der Waals surface area contributed by atoms with Gasteiger partial charge in [-0.3, -0.25) is 9.78 Å². The number of nitrogens with zero attached hydrogens (tertiary/aromatic N) is 4. The van der Waals surface area contributed by atoms with Gasteiger partial charge in [-0.25, -0.2) is 4.98 Å². The fraction of sp³-hybridized carbons (Fsp3) is 0.105. The van der Waals surface area contributed by atoms with Crippen LogP contribution in [-0.4, -0.2) is 18.9 Å². The van der Waals surface area contributed by atoms with Gasteiger partial charge in [0, 0.05) is 31.0 Å². The molecule has 4 aromatic rings. The SMILES string of the molecule is C=Cc1cn(Cc2cn3cc(C)ccc3n2)c(=O)c2cnccc12. The lowest BCUT2D eigenvalue weighted by molar-refractivity contribution is 0.751. The first-order valence-corrected chi connectivity index (χ1v) is 7.69. The molecule has 24 heavy (non-hydrogen) atoms. The van der Waals surface area contributed by atoms with Gasteiger partial charge in [0.25, 0.3) is 5.56 Å². The predicted molar refractivity (Wildman–Crippen MR) is 95.1 cm³/mol. The zero-order chi connectivity index (χ0) is 16.7. The summed E-state index contributed by atoms with van der Waals surface area (Å²) >= 11 is 0. The van der Waals surface area contributed by atoms with E-state index in [0.717, 1.165) is 27.9 Å². The number of hydrogen-bond donors (Lipinski definition) is 0. The van der Waals surface area contributed by atoms with Crippen LogP contribution in [0.5, 0.6) is 0 Å². The van der Waals surface area contributed by atoms with Crippen molar-refractivity contribution in [1.82, 2.24) is 18.9 Å². The molecule has 0 aliphatic heterocycles. The summed E-state index contributed by atoms with van der Waals surface area (Å²) in [5, 5.41) is 1.46. The largest absolute Gasteiger partial charge is 0.308 e. The van der Waals surface area contributed by atoms with Crippen molar-refractivity contribution < 1.29 is 0 Å². The van der Waals surface area contributed by atoms with Crippen LogP contribution in [0.4, 0.5) is 0 Å². The fourth-order valence-electron chi connectivity index (χ4n) is 2.95. The predicted octanol–water partition coefficient (Wildman–Crippen LogP) is 3.04. The lowest BCUT2D eigenvalue weighted by atomic mass is 10.1. The van der Waals surface area contributed by atoms with Gasteiger partial charge < -0.3 is 8.97 Å². The zero-order valence-corrected chi connectivity index (χ0v) is 13.3. The molecule has 0 saturated heterocycles. The third-order valence-electron chi connectivity index (χ3n) is 4.12. The average molecular weight is 316 g/mol. The Morgan fingerprint density at radius 3 is 2.88 bits per heavy atom. The molecule has 0 bridgehead atoms. The molecule has 5 heteroatoms. The van der Waals surface area contributed by atoms with E-state index in [1.165, 1.54) is 0 Å². The van der Waals surface area contributed by atoms with E-state index in [2.05, 4.69) is 16.5 Å². The number of hydrogen-bond acceptors (Lipinski definition) is 3. The normalized spacial score (nSPS) is 11.2. The van der Waals surface area contributed by atoms with Crippen molar-refractivity contribution in [3.8, 4) is 0 Å². The minimum Gasteiger partial charge on any atom is -0.308 e. The molecule has 0 spiro atoms. The molecule has 5 nitrogen and oxygen atoms in total. The number of rotatable bonds is 3. The highest BCUT2D eigenvalue weighted by atomic mass is 16.1.